The van der Waals surface area contributed by atoms with Crippen LogP contribution < -0.4 is 24.4 Å². The van der Waals surface area contributed by atoms with Crippen molar-refractivity contribution in [2.75, 3.05) is 27.9 Å². The van der Waals surface area contributed by atoms with Crippen LogP contribution in [0.2, 0.25) is 0 Å². The third-order valence-electron chi connectivity index (χ3n) is 4.61. The topological polar surface area (TPSA) is 108 Å². The average molecular weight is 428 g/mol. The standard InChI is InChI=1S/C23H24O8/c1-12(2)8-9-30-21-17(28-4)11-15(25)18-19(26)23(29-5)20(31-22(18)21)13-6-7-14(24)16(10-13)27-3/h6-8,10-11,24-25H,9H2,1-5H3. The first-order valence-electron chi connectivity index (χ1n) is 9.40. The Morgan fingerprint density at radius 3 is 2.29 bits per heavy atom. The van der Waals surface area contributed by atoms with E-state index in [2.05, 4.69) is 0 Å². The smallest absolute Gasteiger partial charge is 0.239 e. The van der Waals surface area contributed by atoms with Gasteiger partial charge in [-0.25, -0.2) is 0 Å². The average Bonchev–Trinajstić information content (AvgIpc) is 2.74. The highest BCUT2D eigenvalue weighted by atomic mass is 16.5. The summed E-state index contributed by atoms with van der Waals surface area (Å²) in [6, 6.07) is 5.76. The highest BCUT2D eigenvalue weighted by Crippen LogP contribution is 2.44. The lowest BCUT2D eigenvalue weighted by Gasteiger charge is -2.15. The molecule has 8 nitrogen and oxygen atoms in total. The molecule has 0 aliphatic carbocycles. The fourth-order valence-corrected chi connectivity index (χ4v) is 3.06. The van der Waals surface area contributed by atoms with Crippen LogP contribution in [0, 0.1) is 0 Å². The fraction of sp³-hybridized carbons (Fsp3) is 0.261. The van der Waals surface area contributed by atoms with Crippen molar-refractivity contribution in [3.63, 3.8) is 0 Å². The minimum Gasteiger partial charge on any atom is -0.507 e. The van der Waals surface area contributed by atoms with Crippen molar-refractivity contribution in [2.45, 2.75) is 13.8 Å². The number of aromatic hydroxyl groups is 2. The number of ether oxygens (including phenoxy) is 4. The number of fused-ring (bicyclic) bond motifs is 1. The molecule has 1 aromatic heterocycles. The third kappa shape index (κ3) is 4.09. The van der Waals surface area contributed by atoms with E-state index in [1.807, 2.05) is 19.9 Å². The molecule has 3 aromatic rings. The van der Waals surface area contributed by atoms with Crippen LogP contribution in [0.3, 0.4) is 0 Å². The molecule has 164 valence electrons. The highest BCUT2D eigenvalue weighted by molar-refractivity contribution is 5.93. The first-order valence-corrected chi connectivity index (χ1v) is 9.40. The van der Waals surface area contributed by atoms with Crippen LogP contribution in [0.25, 0.3) is 22.3 Å². The molecule has 0 bridgehead atoms. The Morgan fingerprint density at radius 2 is 1.68 bits per heavy atom. The van der Waals surface area contributed by atoms with E-state index in [0.717, 1.165) is 5.57 Å². The van der Waals surface area contributed by atoms with Crippen molar-refractivity contribution in [3.05, 3.63) is 46.1 Å². The van der Waals surface area contributed by atoms with Crippen molar-refractivity contribution < 1.29 is 33.6 Å². The Hall–Kier alpha value is -3.81. The van der Waals surface area contributed by atoms with E-state index in [1.54, 1.807) is 6.07 Å². The second kappa shape index (κ2) is 8.91. The fourth-order valence-electron chi connectivity index (χ4n) is 3.06. The molecule has 0 aliphatic heterocycles. The van der Waals surface area contributed by atoms with Crippen LogP contribution in [0.1, 0.15) is 13.8 Å². The van der Waals surface area contributed by atoms with E-state index in [-0.39, 0.29) is 57.8 Å². The van der Waals surface area contributed by atoms with Gasteiger partial charge < -0.3 is 33.6 Å². The zero-order valence-electron chi connectivity index (χ0n) is 17.9. The summed E-state index contributed by atoms with van der Waals surface area (Å²) in [4.78, 5) is 13.2. The van der Waals surface area contributed by atoms with Gasteiger partial charge in [0.15, 0.2) is 28.6 Å². The first-order chi connectivity index (χ1) is 14.8. The van der Waals surface area contributed by atoms with E-state index >= 15 is 0 Å². The number of hydrogen-bond donors (Lipinski definition) is 2. The number of allylic oxidation sites excluding steroid dienone is 1. The molecule has 3 rings (SSSR count). The number of phenolic OH excluding ortho intramolecular Hbond substituents is 2. The highest BCUT2D eigenvalue weighted by Gasteiger charge is 2.25. The minimum absolute atomic E-state index is 0.00634. The molecule has 31 heavy (non-hydrogen) atoms. The van der Waals surface area contributed by atoms with Crippen LogP contribution in [0.4, 0.5) is 0 Å². The van der Waals surface area contributed by atoms with Gasteiger partial charge in [-0.1, -0.05) is 5.57 Å². The molecule has 0 fully saturated rings. The molecular weight excluding hydrogens is 404 g/mol. The van der Waals surface area contributed by atoms with Gasteiger partial charge >= 0.3 is 0 Å². The largest absolute Gasteiger partial charge is 0.507 e. The summed E-state index contributed by atoms with van der Waals surface area (Å²) >= 11 is 0. The van der Waals surface area contributed by atoms with Crippen molar-refractivity contribution in [1.82, 2.24) is 0 Å². The Balaban J connectivity index is 2.36. The Labute approximate surface area is 178 Å². The summed E-state index contributed by atoms with van der Waals surface area (Å²) in [6.07, 6.45) is 1.85. The molecule has 0 atom stereocenters. The quantitative estimate of drug-likeness (QED) is 0.538. The monoisotopic (exact) mass is 428 g/mol. The van der Waals surface area contributed by atoms with Gasteiger partial charge in [-0.05, 0) is 38.1 Å². The Kier molecular flexibility index (Phi) is 6.29. The zero-order chi connectivity index (χ0) is 22.7. The normalized spacial score (nSPS) is 10.6. The molecule has 0 spiro atoms. The number of phenols is 2. The maximum atomic E-state index is 13.2. The molecule has 0 amide bonds. The number of methoxy groups -OCH3 is 3. The molecule has 2 N–H and O–H groups in total. The summed E-state index contributed by atoms with van der Waals surface area (Å²) in [6.45, 7) is 4.06. The number of rotatable bonds is 7. The van der Waals surface area contributed by atoms with Gasteiger partial charge in [0.05, 0.1) is 21.3 Å². The van der Waals surface area contributed by atoms with Gasteiger partial charge in [-0.2, -0.15) is 0 Å². The van der Waals surface area contributed by atoms with Crippen molar-refractivity contribution in [1.29, 1.82) is 0 Å². The van der Waals surface area contributed by atoms with Crippen molar-refractivity contribution >= 4 is 11.0 Å². The number of benzene rings is 2. The molecular formula is C23H24O8. The predicted octanol–water partition coefficient (Wildman–Crippen LogP) is 4.24. The van der Waals surface area contributed by atoms with Crippen LogP contribution in [-0.4, -0.2) is 38.1 Å². The van der Waals surface area contributed by atoms with E-state index in [4.69, 9.17) is 23.4 Å². The van der Waals surface area contributed by atoms with Gasteiger partial charge in [0.1, 0.15) is 17.7 Å². The maximum absolute atomic E-state index is 13.2. The SMILES string of the molecule is COc1cc(-c2oc3c(OCC=C(C)C)c(OC)cc(O)c3c(=O)c2OC)ccc1O. The van der Waals surface area contributed by atoms with Crippen LogP contribution >= 0.6 is 0 Å². The lowest BCUT2D eigenvalue weighted by molar-refractivity contribution is 0.321. The summed E-state index contributed by atoms with van der Waals surface area (Å²) in [5, 5.41) is 20.3. The van der Waals surface area contributed by atoms with E-state index in [9.17, 15) is 15.0 Å². The zero-order valence-corrected chi connectivity index (χ0v) is 17.9. The molecule has 0 unspecified atom stereocenters. The van der Waals surface area contributed by atoms with Gasteiger partial charge in [-0.15, -0.1) is 0 Å². The summed E-state index contributed by atoms with van der Waals surface area (Å²) in [5.41, 5.74) is 0.884. The van der Waals surface area contributed by atoms with Gasteiger partial charge in [0.2, 0.25) is 16.9 Å². The van der Waals surface area contributed by atoms with Gasteiger partial charge in [-0.3, -0.25) is 4.79 Å². The summed E-state index contributed by atoms with van der Waals surface area (Å²) in [7, 11) is 4.15. The van der Waals surface area contributed by atoms with Crippen LogP contribution in [-0.2, 0) is 0 Å². The summed E-state index contributed by atoms with van der Waals surface area (Å²) in [5.74, 6) is 0.126. The summed E-state index contributed by atoms with van der Waals surface area (Å²) < 4.78 is 27.7. The molecule has 0 saturated carbocycles. The van der Waals surface area contributed by atoms with E-state index < -0.39 is 5.43 Å². The van der Waals surface area contributed by atoms with E-state index in [1.165, 1.54) is 39.5 Å². The molecule has 0 saturated heterocycles. The van der Waals surface area contributed by atoms with Crippen LogP contribution in [0.15, 0.2) is 45.1 Å². The molecule has 0 radical (unpaired) electrons. The molecule has 8 heteroatoms. The van der Waals surface area contributed by atoms with Gasteiger partial charge in [0.25, 0.3) is 0 Å². The molecule has 1 heterocycles. The first kappa shape index (κ1) is 21.9. The molecule has 2 aromatic carbocycles. The van der Waals surface area contributed by atoms with Crippen LogP contribution in [0.5, 0.6) is 34.5 Å². The van der Waals surface area contributed by atoms with E-state index in [0.29, 0.717) is 5.56 Å². The maximum Gasteiger partial charge on any atom is 0.239 e. The second-order valence-electron chi connectivity index (χ2n) is 6.90. The lowest BCUT2D eigenvalue weighted by Crippen LogP contribution is -2.09. The van der Waals surface area contributed by atoms with Gasteiger partial charge in [0, 0.05) is 11.6 Å². The van der Waals surface area contributed by atoms with Crippen molar-refractivity contribution in [3.8, 4) is 45.8 Å². The number of hydrogen-bond acceptors (Lipinski definition) is 8. The lowest BCUT2D eigenvalue weighted by atomic mass is 10.1. The second-order valence-corrected chi connectivity index (χ2v) is 6.90. The predicted molar refractivity (Wildman–Crippen MR) is 116 cm³/mol. The molecule has 0 aliphatic rings. The Morgan fingerprint density at radius 1 is 0.968 bits per heavy atom. The minimum atomic E-state index is -0.585. The third-order valence-corrected chi connectivity index (χ3v) is 4.61. The van der Waals surface area contributed by atoms with Crippen molar-refractivity contribution in [2.24, 2.45) is 0 Å². The Bertz CT molecular complexity index is 1200.